The van der Waals surface area contributed by atoms with Crippen LogP contribution in [0.1, 0.15) is 39.0 Å². The van der Waals surface area contributed by atoms with Crippen LogP contribution in [0.3, 0.4) is 0 Å². The third kappa shape index (κ3) is 7.34. The van der Waals surface area contributed by atoms with Crippen LogP contribution in [0.15, 0.2) is 77.0 Å². The van der Waals surface area contributed by atoms with E-state index in [2.05, 4.69) is 41.8 Å². The molecule has 45 heavy (non-hydrogen) atoms. The maximum atomic E-state index is 14.1. The maximum absolute atomic E-state index is 14.1. The highest BCUT2D eigenvalue weighted by molar-refractivity contribution is 7.89. The highest BCUT2D eigenvalue weighted by atomic mass is 32.2. The number of sulfonamides is 1. The van der Waals surface area contributed by atoms with Crippen LogP contribution in [0.2, 0.25) is 0 Å². The van der Waals surface area contributed by atoms with Gasteiger partial charge in [-0.15, -0.1) is 11.3 Å². The molecule has 9 nitrogen and oxygen atoms in total. The Hall–Kier alpha value is -3.48. The lowest BCUT2D eigenvalue weighted by molar-refractivity contribution is -0.138. The number of amides is 1. The van der Waals surface area contributed by atoms with Gasteiger partial charge in [0.25, 0.3) is 0 Å². The van der Waals surface area contributed by atoms with E-state index in [4.69, 9.17) is 9.47 Å². The zero-order valence-electron chi connectivity index (χ0n) is 26.6. The Morgan fingerprint density at radius 3 is 2.36 bits per heavy atom. The Morgan fingerprint density at radius 2 is 1.71 bits per heavy atom. The number of carbonyl (C=O) groups excluding carboxylic acids is 1. The Morgan fingerprint density at radius 1 is 0.978 bits per heavy atom. The zero-order valence-corrected chi connectivity index (χ0v) is 28.2. The van der Waals surface area contributed by atoms with E-state index in [1.807, 2.05) is 46.7 Å². The third-order valence-electron chi connectivity index (χ3n) is 8.05. The van der Waals surface area contributed by atoms with Crippen LogP contribution in [0.4, 0.5) is 0 Å². The van der Waals surface area contributed by atoms with Crippen LogP contribution >= 0.6 is 11.3 Å². The molecule has 240 valence electrons. The molecule has 1 aliphatic rings. The first kappa shape index (κ1) is 32.9. The van der Waals surface area contributed by atoms with Crippen LogP contribution in [-0.4, -0.2) is 80.5 Å². The first-order valence-electron chi connectivity index (χ1n) is 15.0. The van der Waals surface area contributed by atoms with Crippen molar-refractivity contribution in [3.05, 3.63) is 105 Å². The van der Waals surface area contributed by atoms with E-state index in [0.29, 0.717) is 30.0 Å². The van der Waals surface area contributed by atoms with Crippen LogP contribution in [0.25, 0.3) is 0 Å². The summed E-state index contributed by atoms with van der Waals surface area (Å²) >= 11 is 1.64. The molecule has 2 aromatic carbocycles. The monoisotopic (exact) mass is 650 g/mol. The van der Waals surface area contributed by atoms with Gasteiger partial charge in [-0.05, 0) is 80.3 Å². The van der Waals surface area contributed by atoms with Crippen LogP contribution < -0.4 is 4.74 Å². The van der Waals surface area contributed by atoms with Gasteiger partial charge < -0.3 is 23.8 Å². The van der Waals surface area contributed by atoms with Crippen LogP contribution in [-0.2, 0) is 39.2 Å². The van der Waals surface area contributed by atoms with Crippen molar-refractivity contribution >= 4 is 27.3 Å². The molecule has 1 unspecified atom stereocenters. The summed E-state index contributed by atoms with van der Waals surface area (Å²) in [4.78, 5) is 19.0. The second-order valence-corrected chi connectivity index (χ2v) is 14.5. The van der Waals surface area contributed by atoms with Gasteiger partial charge >= 0.3 is 0 Å². The summed E-state index contributed by atoms with van der Waals surface area (Å²) in [5.41, 5.74) is 4.42. The fourth-order valence-electron chi connectivity index (χ4n) is 6.06. The lowest BCUT2D eigenvalue weighted by Crippen LogP contribution is -2.44. The highest BCUT2D eigenvalue weighted by Gasteiger charge is 2.34. The predicted octanol–water partition coefficient (Wildman–Crippen LogP) is 5.08. The number of rotatable bonds is 13. The van der Waals surface area contributed by atoms with E-state index in [9.17, 15) is 13.2 Å². The average molecular weight is 651 g/mol. The van der Waals surface area contributed by atoms with Crippen molar-refractivity contribution in [3.8, 4) is 5.75 Å². The lowest BCUT2D eigenvalue weighted by atomic mass is 10.1. The first-order valence-corrected chi connectivity index (χ1v) is 17.3. The number of aryl methyl sites for hydroxylation is 2. The molecule has 0 radical (unpaired) electrons. The van der Waals surface area contributed by atoms with Crippen molar-refractivity contribution in [2.24, 2.45) is 0 Å². The Labute approximate surface area is 270 Å². The summed E-state index contributed by atoms with van der Waals surface area (Å²) in [6, 6.07) is 21.1. The number of hydrogen-bond acceptors (Lipinski definition) is 7. The van der Waals surface area contributed by atoms with E-state index < -0.39 is 10.0 Å². The third-order valence-corrected chi connectivity index (χ3v) is 11.1. The van der Waals surface area contributed by atoms with Crippen LogP contribution in [0.5, 0.6) is 5.75 Å². The second-order valence-electron chi connectivity index (χ2n) is 11.6. The van der Waals surface area contributed by atoms with Gasteiger partial charge in [-0.2, -0.15) is 4.31 Å². The molecule has 4 aromatic rings. The minimum absolute atomic E-state index is 0.0763. The van der Waals surface area contributed by atoms with Crippen molar-refractivity contribution in [2.75, 3.05) is 47.5 Å². The molecule has 3 heterocycles. The smallest absolute Gasteiger partial charge is 0.249 e. The van der Waals surface area contributed by atoms with E-state index in [1.165, 1.54) is 10.00 Å². The largest absolute Gasteiger partial charge is 0.497 e. The number of benzene rings is 2. The fourth-order valence-corrected chi connectivity index (χ4v) is 8.73. The summed E-state index contributed by atoms with van der Waals surface area (Å²) in [5, 5.41) is 2.03. The summed E-state index contributed by atoms with van der Waals surface area (Å²) in [6.07, 6.45) is 0. The first-order chi connectivity index (χ1) is 21.6. The number of nitrogens with zero attached hydrogens (tertiary/aromatic N) is 4. The van der Waals surface area contributed by atoms with Crippen LogP contribution in [0, 0.1) is 13.8 Å². The Kier molecular flexibility index (Phi) is 10.5. The molecule has 1 atom stereocenters. The van der Waals surface area contributed by atoms with Crippen molar-refractivity contribution in [2.45, 2.75) is 44.4 Å². The normalized spacial score (nSPS) is 15.1. The Balaban J connectivity index is 1.31. The molecule has 0 aliphatic carbocycles. The van der Waals surface area contributed by atoms with Gasteiger partial charge in [0.15, 0.2) is 0 Å². The van der Waals surface area contributed by atoms with Gasteiger partial charge in [-0.25, -0.2) is 8.42 Å². The summed E-state index contributed by atoms with van der Waals surface area (Å²) in [7, 11) is 1.78. The van der Waals surface area contributed by atoms with E-state index in [1.54, 1.807) is 44.4 Å². The molecular weight excluding hydrogens is 609 g/mol. The van der Waals surface area contributed by atoms with Crippen molar-refractivity contribution < 1.29 is 22.7 Å². The molecule has 0 bridgehead atoms. The number of carbonyl (C=O) groups is 1. The van der Waals surface area contributed by atoms with Gasteiger partial charge in [-0.1, -0.05) is 36.4 Å². The van der Waals surface area contributed by atoms with Crippen molar-refractivity contribution in [1.82, 2.24) is 18.7 Å². The average Bonchev–Trinajstić information content (AvgIpc) is 3.68. The molecule has 0 N–H and O–H groups in total. The Bertz CT molecular complexity index is 1680. The summed E-state index contributed by atoms with van der Waals surface area (Å²) in [5.74, 6) is 0.495. The highest BCUT2D eigenvalue weighted by Crippen LogP contribution is 2.36. The molecule has 1 amide bonds. The van der Waals surface area contributed by atoms with E-state index >= 15 is 0 Å². The molecule has 0 fully saturated rings. The SMILES string of the molecule is COc1cc(C)c(S(=O)(=O)N(CCOCC(=O)N2CCn3c(CN(C)C)ccc3C2c2cccs2)Cc2ccccc2)c(C)c1. The fraction of sp³-hybridized carbons (Fsp3) is 0.382. The maximum Gasteiger partial charge on any atom is 0.249 e. The number of aromatic nitrogens is 1. The van der Waals surface area contributed by atoms with Gasteiger partial charge in [0, 0.05) is 49.0 Å². The molecular formula is C34H42N4O5S2. The molecule has 1 aliphatic heterocycles. The van der Waals surface area contributed by atoms with E-state index in [0.717, 1.165) is 22.7 Å². The number of methoxy groups -OCH3 is 1. The van der Waals surface area contributed by atoms with E-state index in [-0.39, 0.29) is 43.1 Å². The molecule has 0 spiro atoms. The standard InChI is InChI=1S/C34H42N4O5S2/c1-25-20-29(42-5)21-26(2)34(25)45(40,41)36(22-27-10-7-6-8-11-27)17-18-43-24-32(39)38-16-15-37-28(23-35(3)4)13-14-30(37)33(38)31-12-9-19-44-31/h6-14,19-21,33H,15-18,22-24H2,1-5H3. The number of ether oxygens (including phenoxy) is 2. The molecule has 0 saturated heterocycles. The minimum Gasteiger partial charge on any atom is -0.497 e. The zero-order chi connectivity index (χ0) is 32.1. The summed E-state index contributed by atoms with van der Waals surface area (Å²) in [6.45, 7) is 5.89. The topological polar surface area (TPSA) is 84.3 Å². The summed E-state index contributed by atoms with van der Waals surface area (Å²) < 4.78 is 43.2. The second kappa shape index (κ2) is 14.3. The molecule has 0 saturated carbocycles. The molecule has 2 aromatic heterocycles. The molecule has 11 heteroatoms. The van der Waals surface area contributed by atoms with Gasteiger partial charge in [0.2, 0.25) is 15.9 Å². The number of fused-ring (bicyclic) bond motifs is 1. The number of hydrogen-bond donors (Lipinski definition) is 0. The quantitative estimate of drug-likeness (QED) is 0.188. The minimum atomic E-state index is -3.89. The van der Waals surface area contributed by atoms with Crippen molar-refractivity contribution in [1.29, 1.82) is 0 Å². The van der Waals surface area contributed by atoms with Gasteiger partial charge in [0.05, 0.1) is 18.6 Å². The number of thiophene rings is 1. The lowest BCUT2D eigenvalue weighted by Gasteiger charge is -2.37. The molecule has 5 rings (SSSR count). The van der Waals surface area contributed by atoms with Crippen molar-refractivity contribution in [3.63, 3.8) is 0 Å². The van der Waals surface area contributed by atoms with Gasteiger partial charge in [0.1, 0.15) is 18.4 Å². The predicted molar refractivity (Wildman–Crippen MR) is 177 cm³/mol. The van der Waals surface area contributed by atoms with Gasteiger partial charge in [-0.3, -0.25) is 4.79 Å².